The third kappa shape index (κ3) is 5.65. The number of aromatic nitrogens is 2. The van der Waals surface area contributed by atoms with E-state index in [1.165, 1.54) is 17.3 Å². The second-order valence-corrected chi connectivity index (χ2v) is 5.80. The number of hydrogen-bond acceptors (Lipinski definition) is 7. The summed E-state index contributed by atoms with van der Waals surface area (Å²) >= 11 is 0. The van der Waals surface area contributed by atoms with Gasteiger partial charge in [-0.2, -0.15) is 0 Å². The molecule has 0 fully saturated rings. The molecule has 7 heteroatoms. The number of rotatable bonds is 9. The van der Waals surface area contributed by atoms with E-state index in [2.05, 4.69) is 50.7 Å². The molecule has 0 bridgehead atoms. The second-order valence-electron chi connectivity index (χ2n) is 5.80. The van der Waals surface area contributed by atoms with Crippen molar-refractivity contribution in [3.63, 3.8) is 0 Å². The Balaban J connectivity index is 2.14. The Kier molecular flexibility index (Phi) is 7.73. The summed E-state index contributed by atoms with van der Waals surface area (Å²) in [4.78, 5) is 13.0. The Labute approximate surface area is 154 Å². The fourth-order valence-corrected chi connectivity index (χ4v) is 2.39. The third-order valence-corrected chi connectivity index (χ3v) is 3.77. The van der Waals surface area contributed by atoms with Crippen LogP contribution in [0, 0.1) is 6.92 Å². The van der Waals surface area contributed by atoms with Gasteiger partial charge in [0.15, 0.2) is 0 Å². The average molecular weight is 354 g/mol. The molecule has 0 aliphatic heterocycles. The molecule has 26 heavy (non-hydrogen) atoms. The van der Waals surface area contributed by atoms with E-state index in [1.807, 2.05) is 13.1 Å². The summed E-state index contributed by atoms with van der Waals surface area (Å²) in [6, 6.07) is 8.16. The Morgan fingerprint density at radius 1 is 1.35 bits per heavy atom. The lowest BCUT2D eigenvalue weighted by molar-refractivity contribution is 0.291. The molecule has 0 radical (unpaired) electrons. The van der Waals surface area contributed by atoms with Crippen molar-refractivity contribution in [3.8, 4) is 11.3 Å². The van der Waals surface area contributed by atoms with Gasteiger partial charge in [0.25, 0.3) is 0 Å². The fraction of sp³-hybridized carbons (Fsp3) is 0.316. The summed E-state index contributed by atoms with van der Waals surface area (Å²) in [5.74, 6) is 0.449. The number of nitrogens with one attached hydrogen (secondary N) is 2. The number of aliphatic hydroxyl groups is 1. The van der Waals surface area contributed by atoms with Crippen LogP contribution in [0.15, 0.2) is 47.4 Å². The highest BCUT2D eigenvalue weighted by atomic mass is 16.3. The van der Waals surface area contributed by atoms with Crippen molar-refractivity contribution in [2.45, 2.75) is 19.9 Å². The van der Waals surface area contributed by atoms with Crippen molar-refractivity contribution < 1.29 is 5.11 Å². The molecular formula is C19H26N6O. The highest BCUT2D eigenvalue weighted by Gasteiger charge is 2.06. The van der Waals surface area contributed by atoms with E-state index < -0.39 is 0 Å². The van der Waals surface area contributed by atoms with Crippen LogP contribution in [0.25, 0.3) is 11.3 Å². The van der Waals surface area contributed by atoms with Crippen molar-refractivity contribution in [2.24, 2.45) is 10.7 Å². The van der Waals surface area contributed by atoms with E-state index in [1.54, 1.807) is 12.4 Å². The highest BCUT2D eigenvalue weighted by Crippen LogP contribution is 2.21. The SMILES string of the molecule is CNCc1ccc(-c2ccnc(NC(C=NCCCO)=CN)n2)cc1C. The van der Waals surface area contributed by atoms with E-state index in [0.717, 1.165) is 17.8 Å². The standard InChI is InChI=1S/C19H26N6O/c1-14-10-15(4-5-16(14)12-21-2)18-6-8-23-19(25-18)24-17(11-20)13-22-7-3-9-26/h4-6,8,10-11,13,21,26H,3,7,9,12,20H2,1-2H3,(H,23,24,25). The third-order valence-electron chi connectivity index (χ3n) is 3.77. The lowest BCUT2D eigenvalue weighted by Gasteiger charge is -2.09. The number of nitrogens with two attached hydrogens (primary N) is 1. The molecule has 1 aromatic heterocycles. The zero-order valence-corrected chi connectivity index (χ0v) is 15.2. The minimum absolute atomic E-state index is 0.115. The molecule has 1 aromatic carbocycles. The topological polar surface area (TPSA) is 108 Å². The van der Waals surface area contributed by atoms with Crippen LogP contribution in [0.1, 0.15) is 17.5 Å². The monoisotopic (exact) mass is 354 g/mol. The van der Waals surface area contributed by atoms with Crippen LogP contribution in [0.3, 0.4) is 0 Å². The first kappa shape index (κ1) is 19.6. The van der Waals surface area contributed by atoms with Crippen molar-refractivity contribution >= 4 is 12.2 Å². The number of allylic oxidation sites excluding steroid dienone is 1. The molecule has 0 atom stereocenters. The van der Waals surface area contributed by atoms with Crippen LogP contribution in [0.4, 0.5) is 5.95 Å². The molecule has 0 saturated heterocycles. The highest BCUT2D eigenvalue weighted by molar-refractivity contribution is 5.82. The Hall–Kier alpha value is -2.77. The maximum Gasteiger partial charge on any atom is 0.227 e. The molecule has 1 heterocycles. The van der Waals surface area contributed by atoms with Crippen molar-refractivity contribution in [2.75, 3.05) is 25.5 Å². The molecule has 0 aliphatic rings. The van der Waals surface area contributed by atoms with Crippen molar-refractivity contribution in [3.05, 3.63) is 53.5 Å². The zero-order chi connectivity index (χ0) is 18.8. The molecule has 138 valence electrons. The number of anilines is 1. The Bertz CT molecular complexity index is 772. The van der Waals surface area contributed by atoms with Gasteiger partial charge in [0, 0.05) is 43.9 Å². The van der Waals surface area contributed by atoms with Crippen LogP contribution >= 0.6 is 0 Å². The van der Waals surface area contributed by atoms with Gasteiger partial charge in [0.1, 0.15) is 0 Å². The van der Waals surface area contributed by atoms with Gasteiger partial charge in [0.2, 0.25) is 5.95 Å². The average Bonchev–Trinajstić information content (AvgIpc) is 2.66. The minimum Gasteiger partial charge on any atom is -0.403 e. The summed E-state index contributed by atoms with van der Waals surface area (Å²) in [5.41, 5.74) is 10.6. The first-order valence-corrected chi connectivity index (χ1v) is 8.55. The number of hydrogen-bond donors (Lipinski definition) is 4. The molecular weight excluding hydrogens is 328 g/mol. The van der Waals surface area contributed by atoms with Gasteiger partial charge in [-0.1, -0.05) is 12.1 Å². The summed E-state index contributed by atoms with van der Waals surface area (Å²) in [7, 11) is 1.94. The summed E-state index contributed by atoms with van der Waals surface area (Å²) < 4.78 is 0. The molecule has 2 aromatic rings. The maximum absolute atomic E-state index is 8.78. The van der Waals surface area contributed by atoms with E-state index in [4.69, 9.17) is 10.8 Å². The molecule has 0 spiro atoms. The predicted octanol–water partition coefficient (Wildman–Crippen LogP) is 1.84. The van der Waals surface area contributed by atoms with Gasteiger partial charge in [-0.05, 0) is 43.7 Å². The fourth-order valence-electron chi connectivity index (χ4n) is 2.39. The smallest absolute Gasteiger partial charge is 0.227 e. The number of aliphatic hydroxyl groups excluding tert-OH is 1. The predicted molar refractivity (Wildman–Crippen MR) is 106 cm³/mol. The van der Waals surface area contributed by atoms with E-state index in [-0.39, 0.29) is 6.61 Å². The van der Waals surface area contributed by atoms with Crippen molar-refractivity contribution in [1.82, 2.24) is 15.3 Å². The molecule has 0 saturated carbocycles. The summed E-state index contributed by atoms with van der Waals surface area (Å²) in [6.07, 6.45) is 5.35. The van der Waals surface area contributed by atoms with E-state index in [9.17, 15) is 0 Å². The molecule has 7 nitrogen and oxygen atoms in total. The van der Waals surface area contributed by atoms with Crippen LogP contribution in [0.5, 0.6) is 0 Å². The Morgan fingerprint density at radius 3 is 2.88 bits per heavy atom. The molecule has 0 aliphatic carbocycles. The van der Waals surface area contributed by atoms with Gasteiger partial charge < -0.3 is 21.5 Å². The second kappa shape index (κ2) is 10.3. The van der Waals surface area contributed by atoms with Gasteiger partial charge in [-0.25, -0.2) is 9.97 Å². The molecule has 5 N–H and O–H groups in total. The van der Waals surface area contributed by atoms with Crippen LogP contribution in [-0.2, 0) is 6.54 Å². The van der Waals surface area contributed by atoms with Gasteiger partial charge in [-0.15, -0.1) is 0 Å². The van der Waals surface area contributed by atoms with E-state index >= 15 is 0 Å². The lowest BCUT2D eigenvalue weighted by atomic mass is 10.0. The Morgan fingerprint density at radius 2 is 2.19 bits per heavy atom. The lowest BCUT2D eigenvalue weighted by Crippen LogP contribution is -2.08. The number of nitrogens with zero attached hydrogens (tertiary/aromatic N) is 3. The number of aryl methyl sites for hydroxylation is 1. The van der Waals surface area contributed by atoms with Crippen LogP contribution in [0.2, 0.25) is 0 Å². The first-order chi connectivity index (χ1) is 12.7. The molecule has 0 amide bonds. The minimum atomic E-state index is 0.115. The van der Waals surface area contributed by atoms with Gasteiger partial charge >= 0.3 is 0 Å². The van der Waals surface area contributed by atoms with Crippen LogP contribution in [-0.4, -0.2) is 41.5 Å². The number of benzene rings is 1. The maximum atomic E-state index is 8.78. The van der Waals surface area contributed by atoms with Gasteiger partial charge in [-0.3, -0.25) is 4.99 Å². The van der Waals surface area contributed by atoms with Crippen molar-refractivity contribution in [1.29, 1.82) is 0 Å². The molecule has 2 rings (SSSR count). The van der Waals surface area contributed by atoms with Crippen LogP contribution < -0.4 is 16.4 Å². The normalized spacial score (nSPS) is 11.9. The quantitative estimate of drug-likeness (QED) is 0.404. The molecule has 0 unspecified atom stereocenters. The summed E-state index contributed by atoms with van der Waals surface area (Å²) in [6.45, 7) is 3.58. The summed E-state index contributed by atoms with van der Waals surface area (Å²) in [5, 5.41) is 15.0. The largest absolute Gasteiger partial charge is 0.403 e. The number of aliphatic imine (C=N–C) groups is 1. The first-order valence-electron chi connectivity index (χ1n) is 8.55. The zero-order valence-electron chi connectivity index (χ0n) is 15.2. The van der Waals surface area contributed by atoms with E-state index in [0.29, 0.717) is 24.6 Å². The van der Waals surface area contributed by atoms with Gasteiger partial charge in [0.05, 0.1) is 11.4 Å².